The molecule has 4 aromatic rings. The standard InChI is InChI=1S/C25H18F4N2O2S/c26-20-6-2-3-16(12-20)13-30-23(32)22-15-34-24(31-22)18-7-9-21(10-8-18)33-14-17-4-1-5-19(11-17)25(27,28)29/h1-12,15H,13-14H2,(H,30,32). The van der Waals surface area contributed by atoms with Crippen LogP contribution in [-0.2, 0) is 19.3 Å². The molecule has 0 aliphatic heterocycles. The van der Waals surface area contributed by atoms with E-state index in [2.05, 4.69) is 10.3 Å². The minimum absolute atomic E-state index is 0.00382. The second-order valence-electron chi connectivity index (χ2n) is 7.36. The average Bonchev–Trinajstić information content (AvgIpc) is 3.32. The van der Waals surface area contributed by atoms with Crippen molar-refractivity contribution in [2.24, 2.45) is 0 Å². The molecular formula is C25H18F4N2O2S. The first-order chi connectivity index (χ1) is 16.3. The lowest BCUT2D eigenvalue weighted by Gasteiger charge is -2.10. The van der Waals surface area contributed by atoms with E-state index in [9.17, 15) is 22.4 Å². The van der Waals surface area contributed by atoms with Crippen LogP contribution in [0, 0.1) is 5.82 Å². The predicted octanol–water partition coefficient (Wildman–Crippen LogP) is 6.48. The second-order valence-corrected chi connectivity index (χ2v) is 8.22. The van der Waals surface area contributed by atoms with Crippen molar-refractivity contribution in [2.45, 2.75) is 19.3 Å². The van der Waals surface area contributed by atoms with Crippen LogP contribution in [0.15, 0.2) is 78.2 Å². The third-order valence-corrected chi connectivity index (χ3v) is 5.73. The lowest BCUT2D eigenvalue weighted by Crippen LogP contribution is -2.23. The summed E-state index contributed by atoms with van der Waals surface area (Å²) in [5, 5.41) is 4.97. The molecular weight excluding hydrogens is 468 g/mol. The van der Waals surface area contributed by atoms with Gasteiger partial charge in [0.2, 0.25) is 0 Å². The quantitative estimate of drug-likeness (QED) is 0.304. The smallest absolute Gasteiger partial charge is 0.416 e. The summed E-state index contributed by atoms with van der Waals surface area (Å²) in [6.45, 7) is 0.178. The number of halogens is 4. The number of ether oxygens (including phenoxy) is 1. The Morgan fingerprint density at radius 1 is 0.971 bits per heavy atom. The molecule has 1 aromatic heterocycles. The van der Waals surface area contributed by atoms with E-state index < -0.39 is 11.7 Å². The highest BCUT2D eigenvalue weighted by molar-refractivity contribution is 7.13. The van der Waals surface area contributed by atoms with E-state index in [0.717, 1.165) is 17.7 Å². The van der Waals surface area contributed by atoms with Gasteiger partial charge in [0.1, 0.15) is 28.9 Å². The van der Waals surface area contributed by atoms with Gasteiger partial charge in [-0.05, 0) is 59.7 Å². The molecule has 0 aliphatic rings. The van der Waals surface area contributed by atoms with Crippen molar-refractivity contribution in [2.75, 3.05) is 0 Å². The highest BCUT2D eigenvalue weighted by Gasteiger charge is 2.30. The first kappa shape index (κ1) is 23.4. The summed E-state index contributed by atoms with van der Waals surface area (Å²) < 4.78 is 57.4. The molecule has 1 heterocycles. The Morgan fingerprint density at radius 2 is 1.71 bits per heavy atom. The molecule has 0 bridgehead atoms. The first-order valence-electron chi connectivity index (χ1n) is 10.2. The highest BCUT2D eigenvalue weighted by Crippen LogP contribution is 2.30. The number of rotatable bonds is 7. The Hall–Kier alpha value is -3.72. The lowest BCUT2D eigenvalue weighted by molar-refractivity contribution is -0.137. The maximum absolute atomic E-state index is 13.3. The van der Waals surface area contributed by atoms with Crippen LogP contribution in [0.25, 0.3) is 10.6 Å². The molecule has 3 aromatic carbocycles. The third-order valence-electron chi connectivity index (χ3n) is 4.84. The molecule has 0 saturated heterocycles. The van der Waals surface area contributed by atoms with Crippen molar-refractivity contribution in [3.8, 4) is 16.3 Å². The van der Waals surface area contributed by atoms with Crippen molar-refractivity contribution in [1.29, 1.82) is 0 Å². The van der Waals surface area contributed by atoms with Gasteiger partial charge in [-0.25, -0.2) is 9.37 Å². The molecule has 4 nitrogen and oxygen atoms in total. The summed E-state index contributed by atoms with van der Waals surface area (Å²) in [5.41, 5.74) is 1.35. The molecule has 0 saturated carbocycles. The van der Waals surface area contributed by atoms with Crippen molar-refractivity contribution in [1.82, 2.24) is 10.3 Å². The molecule has 0 atom stereocenters. The molecule has 0 fully saturated rings. The van der Waals surface area contributed by atoms with E-state index in [-0.39, 0.29) is 30.6 Å². The minimum atomic E-state index is -4.40. The van der Waals surface area contributed by atoms with Gasteiger partial charge in [-0.3, -0.25) is 4.79 Å². The fourth-order valence-corrected chi connectivity index (χ4v) is 3.93. The first-order valence-corrected chi connectivity index (χ1v) is 11.0. The summed E-state index contributed by atoms with van der Waals surface area (Å²) in [4.78, 5) is 16.7. The molecule has 1 amide bonds. The van der Waals surface area contributed by atoms with Crippen molar-refractivity contribution in [3.05, 3.63) is 106 Å². The zero-order valence-corrected chi connectivity index (χ0v) is 18.4. The Balaban J connectivity index is 1.35. The number of thiazole rings is 1. The Labute approximate surface area is 196 Å². The molecule has 1 N–H and O–H groups in total. The number of aromatic nitrogens is 1. The largest absolute Gasteiger partial charge is 0.489 e. The molecule has 0 aliphatic carbocycles. The zero-order chi connectivity index (χ0) is 24.1. The monoisotopic (exact) mass is 486 g/mol. The summed E-state index contributed by atoms with van der Waals surface area (Å²) in [6.07, 6.45) is -4.40. The van der Waals surface area contributed by atoms with Gasteiger partial charge in [0.05, 0.1) is 5.56 Å². The normalized spacial score (nSPS) is 11.3. The van der Waals surface area contributed by atoms with Crippen LogP contribution in [-0.4, -0.2) is 10.9 Å². The van der Waals surface area contributed by atoms with Crippen molar-refractivity contribution in [3.63, 3.8) is 0 Å². The molecule has 174 valence electrons. The summed E-state index contributed by atoms with van der Waals surface area (Å²) in [7, 11) is 0. The summed E-state index contributed by atoms with van der Waals surface area (Å²) >= 11 is 1.30. The van der Waals surface area contributed by atoms with E-state index in [1.807, 2.05) is 0 Å². The van der Waals surface area contributed by atoms with E-state index >= 15 is 0 Å². The predicted molar refractivity (Wildman–Crippen MR) is 121 cm³/mol. The van der Waals surface area contributed by atoms with Crippen LogP contribution < -0.4 is 10.1 Å². The second kappa shape index (κ2) is 10.0. The topological polar surface area (TPSA) is 51.2 Å². The molecule has 0 radical (unpaired) electrons. The van der Waals surface area contributed by atoms with Crippen LogP contribution in [0.3, 0.4) is 0 Å². The van der Waals surface area contributed by atoms with Gasteiger partial charge in [0, 0.05) is 17.5 Å². The van der Waals surface area contributed by atoms with Gasteiger partial charge < -0.3 is 10.1 Å². The Morgan fingerprint density at radius 3 is 2.44 bits per heavy atom. The molecule has 0 unspecified atom stereocenters. The SMILES string of the molecule is O=C(NCc1cccc(F)c1)c1csc(-c2ccc(OCc3cccc(C(F)(F)F)c3)cc2)n1. The Kier molecular flexibility index (Phi) is 6.93. The minimum Gasteiger partial charge on any atom is -0.489 e. The van der Waals surface area contributed by atoms with Crippen LogP contribution in [0.2, 0.25) is 0 Å². The van der Waals surface area contributed by atoms with Crippen LogP contribution in [0.1, 0.15) is 27.2 Å². The average molecular weight is 486 g/mol. The van der Waals surface area contributed by atoms with Crippen molar-refractivity contribution >= 4 is 17.2 Å². The number of hydrogen-bond acceptors (Lipinski definition) is 4. The fraction of sp³-hybridized carbons (Fsp3) is 0.120. The highest BCUT2D eigenvalue weighted by atomic mass is 32.1. The van der Waals surface area contributed by atoms with E-state index in [1.165, 1.54) is 29.5 Å². The van der Waals surface area contributed by atoms with Gasteiger partial charge in [0.25, 0.3) is 5.91 Å². The number of nitrogens with one attached hydrogen (secondary N) is 1. The number of alkyl halides is 3. The lowest BCUT2D eigenvalue weighted by atomic mass is 10.1. The van der Waals surface area contributed by atoms with E-state index in [0.29, 0.717) is 21.9 Å². The van der Waals surface area contributed by atoms with Gasteiger partial charge in [-0.2, -0.15) is 13.2 Å². The number of nitrogens with zero attached hydrogens (tertiary/aromatic N) is 1. The molecule has 9 heteroatoms. The van der Waals surface area contributed by atoms with Gasteiger partial charge in [-0.15, -0.1) is 11.3 Å². The number of carbonyl (C=O) groups excluding carboxylic acids is 1. The van der Waals surface area contributed by atoms with E-state index in [4.69, 9.17) is 4.74 Å². The fourth-order valence-electron chi connectivity index (χ4n) is 3.13. The van der Waals surface area contributed by atoms with Gasteiger partial charge >= 0.3 is 6.18 Å². The number of carbonyl (C=O) groups is 1. The molecule has 34 heavy (non-hydrogen) atoms. The number of benzene rings is 3. The van der Waals surface area contributed by atoms with Crippen LogP contribution in [0.5, 0.6) is 5.75 Å². The van der Waals surface area contributed by atoms with E-state index in [1.54, 1.807) is 47.8 Å². The van der Waals surface area contributed by atoms with Crippen molar-refractivity contribution < 1.29 is 27.1 Å². The van der Waals surface area contributed by atoms with Crippen LogP contribution in [0.4, 0.5) is 17.6 Å². The summed E-state index contributed by atoms with van der Waals surface area (Å²) in [5.74, 6) is -0.247. The third kappa shape index (κ3) is 5.99. The summed E-state index contributed by atoms with van der Waals surface area (Å²) in [6, 6.07) is 17.9. The van der Waals surface area contributed by atoms with Crippen LogP contribution >= 0.6 is 11.3 Å². The molecule has 4 rings (SSSR count). The maximum Gasteiger partial charge on any atom is 0.416 e. The number of amides is 1. The Bertz CT molecular complexity index is 1290. The zero-order valence-electron chi connectivity index (χ0n) is 17.6. The molecule has 0 spiro atoms. The van der Waals surface area contributed by atoms with Gasteiger partial charge in [0.15, 0.2) is 0 Å². The van der Waals surface area contributed by atoms with Gasteiger partial charge in [-0.1, -0.05) is 24.3 Å². The maximum atomic E-state index is 13.3. The number of hydrogen-bond donors (Lipinski definition) is 1.